The lowest BCUT2D eigenvalue weighted by Crippen LogP contribution is -2.23. The lowest BCUT2D eigenvalue weighted by atomic mass is 10.1. The highest BCUT2D eigenvalue weighted by molar-refractivity contribution is 5.75. The number of guanidine groups is 1. The Labute approximate surface area is 164 Å². The number of fused-ring (bicyclic) bond motifs is 1. The highest BCUT2D eigenvalue weighted by Gasteiger charge is 2.07. The number of nitrogens with two attached hydrogens (primary N) is 2. The van der Waals surface area contributed by atoms with Crippen molar-refractivity contribution < 1.29 is 4.74 Å². The number of benzene rings is 1. The van der Waals surface area contributed by atoms with E-state index in [0.717, 1.165) is 29.8 Å². The predicted octanol–water partition coefficient (Wildman–Crippen LogP) is 2.46. The lowest BCUT2D eigenvalue weighted by Gasteiger charge is -2.07. The van der Waals surface area contributed by atoms with Crippen molar-refractivity contribution in [2.75, 3.05) is 13.2 Å². The molecule has 0 unspecified atom stereocenters. The molecule has 0 aliphatic rings. The van der Waals surface area contributed by atoms with E-state index in [9.17, 15) is 4.79 Å². The summed E-state index contributed by atoms with van der Waals surface area (Å²) in [6, 6.07) is 7.45. The van der Waals surface area contributed by atoms with Crippen LogP contribution in [0.2, 0.25) is 0 Å². The van der Waals surface area contributed by atoms with Gasteiger partial charge in [0.15, 0.2) is 5.96 Å². The summed E-state index contributed by atoms with van der Waals surface area (Å²) in [6.07, 6.45) is 5.37. The first-order valence-corrected chi connectivity index (χ1v) is 9.40. The number of hydrogen-bond acceptors (Lipinski definition) is 4. The SMILES string of the molecule is CC.Cc1cn2cc(-c3ccc(OCCCCN=C(N)N)cc3)c(=O)[nH]c2n1. The van der Waals surface area contributed by atoms with Crippen LogP contribution >= 0.6 is 0 Å². The summed E-state index contributed by atoms with van der Waals surface area (Å²) in [5.41, 5.74) is 12.6. The zero-order valence-electron chi connectivity index (χ0n) is 16.6. The summed E-state index contributed by atoms with van der Waals surface area (Å²) in [5.74, 6) is 1.41. The number of imidazole rings is 1. The van der Waals surface area contributed by atoms with Gasteiger partial charge in [0.05, 0.1) is 17.9 Å². The average Bonchev–Trinajstić information content (AvgIpc) is 3.04. The molecule has 0 fully saturated rings. The quantitative estimate of drug-likeness (QED) is 0.328. The second-order valence-electron chi connectivity index (χ2n) is 6.00. The van der Waals surface area contributed by atoms with E-state index in [0.29, 0.717) is 24.5 Å². The van der Waals surface area contributed by atoms with Crippen LogP contribution in [-0.4, -0.2) is 33.5 Å². The third kappa shape index (κ3) is 5.60. The van der Waals surface area contributed by atoms with Gasteiger partial charge in [-0.25, -0.2) is 4.98 Å². The first kappa shape index (κ1) is 21.0. The lowest BCUT2D eigenvalue weighted by molar-refractivity contribution is 0.308. The molecule has 3 aromatic rings. The van der Waals surface area contributed by atoms with Crippen LogP contribution in [-0.2, 0) is 0 Å². The molecule has 0 atom stereocenters. The topological polar surface area (TPSA) is 124 Å². The van der Waals surface area contributed by atoms with Crippen LogP contribution < -0.4 is 21.8 Å². The maximum Gasteiger partial charge on any atom is 0.260 e. The molecule has 2 heterocycles. The van der Waals surface area contributed by atoms with Gasteiger partial charge in [-0.15, -0.1) is 0 Å². The number of rotatable bonds is 7. The van der Waals surface area contributed by atoms with Gasteiger partial charge in [-0.05, 0) is 37.5 Å². The highest BCUT2D eigenvalue weighted by Crippen LogP contribution is 2.20. The van der Waals surface area contributed by atoms with Crippen LogP contribution in [0.4, 0.5) is 0 Å². The fourth-order valence-electron chi connectivity index (χ4n) is 2.62. The number of aryl methyl sites for hydroxylation is 1. The summed E-state index contributed by atoms with van der Waals surface area (Å²) < 4.78 is 7.51. The Morgan fingerprint density at radius 1 is 1.18 bits per heavy atom. The van der Waals surface area contributed by atoms with E-state index in [2.05, 4.69) is 15.0 Å². The maximum atomic E-state index is 12.3. The van der Waals surface area contributed by atoms with Gasteiger partial charge in [0, 0.05) is 18.9 Å². The second-order valence-corrected chi connectivity index (χ2v) is 6.00. The van der Waals surface area contributed by atoms with E-state index >= 15 is 0 Å². The van der Waals surface area contributed by atoms with Gasteiger partial charge >= 0.3 is 0 Å². The van der Waals surface area contributed by atoms with Crippen molar-refractivity contribution in [1.82, 2.24) is 14.4 Å². The molecule has 0 aliphatic carbocycles. The average molecular weight is 384 g/mol. The predicted molar refractivity (Wildman–Crippen MR) is 113 cm³/mol. The van der Waals surface area contributed by atoms with Crippen LogP contribution in [0.25, 0.3) is 16.9 Å². The van der Waals surface area contributed by atoms with Gasteiger partial charge < -0.3 is 16.2 Å². The normalized spacial score (nSPS) is 10.2. The number of nitrogens with one attached hydrogen (secondary N) is 1. The first-order valence-electron chi connectivity index (χ1n) is 9.40. The number of aromatic amines is 1. The van der Waals surface area contributed by atoms with Crippen LogP contribution in [0.3, 0.4) is 0 Å². The molecule has 0 radical (unpaired) electrons. The van der Waals surface area contributed by atoms with Crippen molar-refractivity contribution in [2.24, 2.45) is 16.5 Å². The van der Waals surface area contributed by atoms with Crippen molar-refractivity contribution in [3.63, 3.8) is 0 Å². The Hall–Kier alpha value is -3.29. The zero-order chi connectivity index (χ0) is 20.5. The third-order valence-electron chi connectivity index (χ3n) is 3.87. The molecule has 3 rings (SSSR count). The second kappa shape index (κ2) is 10.1. The van der Waals surface area contributed by atoms with Crippen molar-refractivity contribution in [3.8, 4) is 16.9 Å². The van der Waals surface area contributed by atoms with Gasteiger partial charge in [-0.2, -0.15) is 0 Å². The monoisotopic (exact) mass is 384 g/mol. The van der Waals surface area contributed by atoms with Gasteiger partial charge in [0.1, 0.15) is 5.75 Å². The Bertz CT molecular complexity index is 969. The molecule has 0 aliphatic heterocycles. The molecule has 0 saturated heterocycles. The van der Waals surface area contributed by atoms with Crippen LogP contribution in [0.5, 0.6) is 5.75 Å². The van der Waals surface area contributed by atoms with Crippen LogP contribution in [0, 0.1) is 6.92 Å². The van der Waals surface area contributed by atoms with E-state index in [4.69, 9.17) is 16.2 Å². The molecular formula is C20H28N6O2. The number of aliphatic imine (C=N–C) groups is 1. The minimum atomic E-state index is -0.170. The molecule has 0 spiro atoms. The number of H-pyrrole nitrogens is 1. The molecule has 2 aromatic heterocycles. The van der Waals surface area contributed by atoms with Crippen molar-refractivity contribution in [2.45, 2.75) is 33.6 Å². The number of ether oxygens (including phenoxy) is 1. The molecule has 150 valence electrons. The smallest absolute Gasteiger partial charge is 0.260 e. The summed E-state index contributed by atoms with van der Waals surface area (Å²) in [6.45, 7) is 7.07. The number of nitrogens with zero attached hydrogens (tertiary/aromatic N) is 3. The maximum absolute atomic E-state index is 12.3. The number of aromatic nitrogens is 3. The van der Waals surface area contributed by atoms with Crippen molar-refractivity contribution in [3.05, 3.63) is 52.7 Å². The molecular weight excluding hydrogens is 356 g/mol. The van der Waals surface area contributed by atoms with Gasteiger partial charge in [0.25, 0.3) is 5.56 Å². The van der Waals surface area contributed by atoms with Gasteiger partial charge in [-0.1, -0.05) is 26.0 Å². The molecule has 0 bridgehead atoms. The minimum Gasteiger partial charge on any atom is -0.494 e. The molecule has 5 N–H and O–H groups in total. The van der Waals surface area contributed by atoms with E-state index in [1.807, 2.05) is 55.6 Å². The van der Waals surface area contributed by atoms with Crippen molar-refractivity contribution in [1.29, 1.82) is 0 Å². The molecule has 28 heavy (non-hydrogen) atoms. The fourth-order valence-corrected chi connectivity index (χ4v) is 2.62. The third-order valence-corrected chi connectivity index (χ3v) is 3.87. The summed E-state index contributed by atoms with van der Waals surface area (Å²) in [5, 5.41) is 0. The first-order chi connectivity index (χ1) is 13.5. The van der Waals surface area contributed by atoms with E-state index in [1.165, 1.54) is 0 Å². The largest absolute Gasteiger partial charge is 0.494 e. The Kier molecular flexibility index (Phi) is 7.62. The van der Waals surface area contributed by atoms with E-state index in [1.54, 1.807) is 6.20 Å². The Morgan fingerprint density at radius 2 is 1.89 bits per heavy atom. The van der Waals surface area contributed by atoms with Crippen LogP contribution in [0.1, 0.15) is 32.4 Å². The molecule has 8 nitrogen and oxygen atoms in total. The van der Waals surface area contributed by atoms with Gasteiger partial charge in [-0.3, -0.25) is 19.2 Å². The Balaban J connectivity index is 0.00000136. The minimum absolute atomic E-state index is 0.112. The van der Waals surface area contributed by atoms with Crippen molar-refractivity contribution >= 4 is 11.7 Å². The zero-order valence-corrected chi connectivity index (χ0v) is 16.6. The standard InChI is InChI=1S/C18H22N6O2.C2H6/c1-12-10-24-11-15(16(25)23-18(24)22-12)13-4-6-14(7-5-13)26-9-3-2-8-21-17(19)20;1-2/h4-7,10-11H,2-3,8-9H2,1H3,(H4,19,20,21)(H,22,23,25);1-2H3. The van der Waals surface area contributed by atoms with E-state index < -0.39 is 0 Å². The summed E-state index contributed by atoms with van der Waals surface area (Å²) in [7, 11) is 0. The highest BCUT2D eigenvalue weighted by atomic mass is 16.5. The Morgan fingerprint density at radius 3 is 2.57 bits per heavy atom. The van der Waals surface area contributed by atoms with Crippen LogP contribution in [0.15, 0.2) is 46.4 Å². The molecule has 1 aromatic carbocycles. The molecule has 8 heteroatoms. The summed E-state index contributed by atoms with van der Waals surface area (Å²) in [4.78, 5) is 23.2. The number of unbranched alkanes of at least 4 members (excludes halogenated alkanes) is 1. The number of hydrogen-bond donors (Lipinski definition) is 3. The fraction of sp³-hybridized carbons (Fsp3) is 0.350. The van der Waals surface area contributed by atoms with E-state index in [-0.39, 0.29) is 11.5 Å². The summed E-state index contributed by atoms with van der Waals surface area (Å²) >= 11 is 0. The van der Waals surface area contributed by atoms with Gasteiger partial charge in [0.2, 0.25) is 5.78 Å². The molecule has 0 amide bonds. The molecule has 0 saturated carbocycles.